The first-order valence-corrected chi connectivity index (χ1v) is 4.74. The van der Waals surface area contributed by atoms with E-state index in [0.29, 0.717) is 6.54 Å². The van der Waals surface area contributed by atoms with E-state index in [4.69, 9.17) is 10.3 Å². The van der Waals surface area contributed by atoms with Gasteiger partial charge in [-0.15, -0.1) is 0 Å². The normalized spacial score (nSPS) is 17.4. The molecule has 2 rings (SSSR count). The fraction of sp³-hybridized carbons (Fsp3) is 0.667. The highest BCUT2D eigenvalue weighted by Crippen LogP contribution is 2.21. The summed E-state index contributed by atoms with van der Waals surface area (Å²) in [6.07, 6.45) is 0.968. The van der Waals surface area contributed by atoms with Crippen molar-refractivity contribution in [3.63, 3.8) is 0 Å². The van der Waals surface area contributed by atoms with Gasteiger partial charge in [0.25, 0.3) is 0 Å². The summed E-state index contributed by atoms with van der Waals surface area (Å²) in [5.41, 5.74) is 7.71. The van der Waals surface area contributed by atoms with Gasteiger partial charge < -0.3 is 10.3 Å². The number of nitrogens with zero attached hydrogens (tertiary/aromatic N) is 2. The van der Waals surface area contributed by atoms with E-state index in [9.17, 15) is 0 Å². The second-order valence-corrected chi connectivity index (χ2v) is 3.35. The van der Waals surface area contributed by atoms with Gasteiger partial charge in [0, 0.05) is 31.6 Å². The first-order valence-electron chi connectivity index (χ1n) is 4.74. The average Bonchev–Trinajstić information content (AvgIpc) is 2.59. The van der Waals surface area contributed by atoms with E-state index in [2.05, 4.69) is 17.0 Å². The SMILES string of the molecule is CCN1CCc2onc(CN)c2C1. The first kappa shape index (κ1) is 8.72. The van der Waals surface area contributed by atoms with Crippen LogP contribution in [0.25, 0.3) is 0 Å². The summed E-state index contributed by atoms with van der Waals surface area (Å²) in [6, 6.07) is 0. The van der Waals surface area contributed by atoms with Crippen LogP contribution in [-0.2, 0) is 19.5 Å². The number of hydrogen-bond donors (Lipinski definition) is 1. The molecule has 1 aliphatic heterocycles. The minimum atomic E-state index is 0.483. The maximum absolute atomic E-state index is 5.56. The standard InChI is InChI=1S/C9H15N3O/c1-2-12-4-3-9-7(6-12)8(5-10)11-13-9/h2-6,10H2,1H3. The monoisotopic (exact) mass is 181 g/mol. The predicted octanol–water partition coefficient (Wildman–Crippen LogP) is 0.511. The number of likely N-dealkylation sites (N-methyl/N-ethyl adjacent to an activating group) is 1. The summed E-state index contributed by atoms with van der Waals surface area (Å²) in [6.45, 7) is 5.75. The van der Waals surface area contributed by atoms with E-state index < -0.39 is 0 Å². The smallest absolute Gasteiger partial charge is 0.142 e. The summed E-state index contributed by atoms with van der Waals surface area (Å²) < 4.78 is 5.21. The summed E-state index contributed by atoms with van der Waals surface area (Å²) in [7, 11) is 0. The Morgan fingerprint density at radius 1 is 1.62 bits per heavy atom. The fourth-order valence-corrected chi connectivity index (χ4v) is 1.75. The van der Waals surface area contributed by atoms with E-state index in [1.165, 1.54) is 5.56 Å². The Morgan fingerprint density at radius 2 is 2.46 bits per heavy atom. The van der Waals surface area contributed by atoms with Crippen molar-refractivity contribution in [2.75, 3.05) is 13.1 Å². The van der Waals surface area contributed by atoms with E-state index in [0.717, 1.165) is 37.5 Å². The van der Waals surface area contributed by atoms with Gasteiger partial charge in [-0.25, -0.2) is 0 Å². The zero-order chi connectivity index (χ0) is 9.26. The summed E-state index contributed by atoms with van der Waals surface area (Å²) in [5.74, 6) is 1.03. The average molecular weight is 181 g/mol. The van der Waals surface area contributed by atoms with Gasteiger partial charge in [-0.05, 0) is 6.54 Å². The van der Waals surface area contributed by atoms with Crippen LogP contribution in [0.1, 0.15) is 23.9 Å². The molecule has 0 saturated carbocycles. The van der Waals surface area contributed by atoms with Crippen LogP contribution in [0, 0.1) is 0 Å². The fourth-order valence-electron chi connectivity index (χ4n) is 1.75. The molecular weight excluding hydrogens is 166 g/mol. The lowest BCUT2D eigenvalue weighted by Gasteiger charge is -2.24. The summed E-state index contributed by atoms with van der Waals surface area (Å²) >= 11 is 0. The molecule has 72 valence electrons. The molecule has 0 atom stereocenters. The highest BCUT2D eigenvalue weighted by Gasteiger charge is 2.22. The van der Waals surface area contributed by atoms with Crippen molar-refractivity contribution in [3.8, 4) is 0 Å². The molecule has 0 bridgehead atoms. The molecule has 2 heterocycles. The van der Waals surface area contributed by atoms with Gasteiger partial charge in [0.1, 0.15) is 11.5 Å². The van der Waals surface area contributed by atoms with Gasteiger partial charge in [-0.1, -0.05) is 12.1 Å². The molecule has 0 aliphatic carbocycles. The molecule has 1 aromatic rings. The van der Waals surface area contributed by atoms with Gasteiger partial charge in [-0.3, -0.25) is 4.90 Å². The van der Waals surface area contributed by atoms with Crippen LogP contribution in [0.5, 0.6) is 0 Å². The van der Waals surface area contributed by atoms with Crippen LogP contribution in [0.15, 0.2) is 4.52 Å². The highest BCUT2D eigenvalue weighted by molar-refractivity contribution is 5.25. The van der Waals surface area contributed by atoms with Gasteiger partial charge in [0.15, 0.2) is 0 Å². The van der Waals surface area contributed by atoms with Crippen LogP contribution < -0.4 is 5.73 Å². The Hall–Kier alpha value is -0.870. The zero-order valence-corrected chi connectivity index (χ0v) is 7.92. The van der Waals surface area contributed by atoms with Gasteiger partial charge in [0.05, 0.1) is 0 Å². The third-order valence-electron chi connectivity index (χ3n) is 2.63. The largest absolute Gasteiger partial charge is 0.361 e. The summed E-state index contributed by atoms with van der Waals surface area (Å²) in [4.78, 5) is 2.37. The molecule has 0 aromatic carbocycles. The molecule has 13 heavy (non-hydrogen) atoms. The maximum Gasteiger partial charge on any atom is 0.142 e. The Labute approximate surface area is 77.7 Å². The molecule has 0 spiro atoms. The van der Waals surface area contributed by atoms with Gasteiger partial charge in [0.2, 0.25) is 0 Å². The topological polar surface area (TPSA) is 55.3 Å². The third-order valence-corrected chi connectivity index (χ3v) is 2.63. The zero-order valence-electron chi connectivity index (χ0n) is 7.92. The lowest BCUT2D eigenvalue weighted by molar-refractivity contribution is 0.247. The lowest BCUT2D eigenvalue weighted by atomic mass is 10.1. The van der Waals surface area contributed by atoms with Crippen LogP contribution in [0.2, 0.25) is 0 Å². The Morgan fingerprint density at radius 3 is 3.15 bits per heavy atom. The van der Waals surface area contributed by atoms with Crippen LogP contribution in [0.4, 0.5) is 0 Å². The minimum absolute atomic E-state index is 0.483. The molecule has 4 nitrogen and oxygen atoms in total. The number of aromatic nitrogens is 1. The second-order valence-electron chi connectivity index (χ2n) is 3.35. The molecule has 1 aromatic heterocycles. The Bertz CT molecular complexity index is 282. The molecule has 0 unspecified atom stereocenters. The van der Waals surface area contributed by atoms with Gasteiger partial charge >= 0.3 is 0 Å². The van der Waals surface area contributed by atoms with E-state index in [1.807, 2.05) is 0 Å². The van der Waals surface area contributed by atoms with Crippen molar-refractivity contribution >= 4 is 0 Å². The third kappa shape index (κ3) is 1.47. The lowest BCUT2D eigenvalue weighted by Crippen LogP contribution is -2.30. The van der Waals surface area contributed by atoms with E-state index in [-0.39, 0.29) is 0 Å². The van der Waals surface area contributed by atoms with Crippen molar-refractivity contribution in [1.29, 1.82) is 0 Å². The molecular formula is C9H15N3O. The molecule has 0 radical (unpaired) electrons. The van der Waals surface area contributed by atoms with Crippen LogP contribution in [-0.4, -0.2) is 23.1 Å². The van der Waals surface area contributed by atoms with Crippen molar-refractivity contribution in [1.82, 2.24) is 10.1 Å². The van der Waals surface area contributed by atoms with Crippen LogP contribution in [0.3, 0.4) is 0 Å². The molecule has 0 fully saturated rings. The second kappa shape index (κ2) is 3.47. The minimum Gasteiger partial charge on any atom is -0.361 e. The predicted molar refractivity (Wildman–Crippen MR) is 49.0 cm³/mol. The van der Waals surface area contributed by atoms with Gasteiger partial charge in [-0.2, -0.15) is 0 Å². The number of fused-ring (bicyclic) bond motifs is 1. The van der Waals surface area contributed by atoms with E-state index in [1.54, 1.807) is 0 Å². The molecule has 1 aliphatic rings. The maximum atomic E-state index is 5.56. The van der Waals surface area contributed by atoms with Crippen molar-refractivity contribution < 1.29 is 4.52 Å². The number of nitrogens with two attached hydrogens (primary N) is 1. The first-order chi connectivity index (χ1) is 6.35. The number of hydrogen-bond acceptors (Lipinski definition) is 4. The number of rotatable bonds is 2. The Kier molecular flexibility index (Phi) is 2.33. The molecule has 0 saturated heterocycles. The van der Waals surface area contributed by atoms with Crippen molar-refractivity contribution in [2.24, 2.45) is 5.73 Å². The van der Waals surface area contributed by atoms with E-state index >= 15 is 0 Å². The molecule has 0 amide bonds. The molecule has 4 heteroatoms. The highest BCUT2D eigenvalue weighted by atomic mass is 16.5. The van der Waals surface area contributed by atoms with Crippen LogP contribution >= 0.6 is 0 Å². The Balaban J connectivity index is 2.25. The van der Waals surface area contributed by atoms with Crippen molar-refractivity contribution in [3.05, 3.63) is 17.0 Å². The summed E-state index contributed by atoms with van der Waals surface area (Å²) in [5, 5.41) is 3.96. The quantitative estimate of drug-likeness (QED) is 0.722. The van der Waals surface area contributed by atoms with Crippen molar-refractivity contribution in [2.45, 2.75) is 26.4 Å². The molecule has 2 N–H and O–H groups in total.